The van der Waals surface area contributed by atoms with Crippen LogP contribution in [0.2, 0.25) is 0 Å². The zero-order valence-electron chi connectivity index (χ0n) is 12.2. The molecule has 2 aromatic heterocycles. The molecule has 5 nitrogen and oxygen atoms in total. The zero-order valence-corrected chi connectivity index (χ0v) is 13.0. The van der Waals surface area contributed by atoms with E-state index in [0.717, 1.165) is 48.3 Å². The molecule has 114 valence electrons. The highest BCUT2D eigenvalue weighted by atomic mass is 32.1. The van der Waals surface area contributed by atoms with E-state index in [9.17, 15) is 4.79 Å². The molecule has 0 aliphatic carbocycles. The molecular weight excluding hydrogens is 286 g/mol. The molecule has 2 N–H and O–H groups in total. The lowest BCUT2D eigenvalue weighted by atomic mass is 9.94. The molecule has 0 aliphatic heterocycles. The lowest BCUT2D eigenvalue weighted by Crippen LogP contribution is -2.11. The molecule has 1 unspecified atom stereocenters. The van der Waals surface area contributed by atoms with Gasteiger partial charge in [-0.2, -0.15) is 0 Å². The van der Waals surface area contributed by atoms with Crippen molar-refractivity contribution in [2.24, 2.45) is 5.92 Å². The van der Waals surface area contributed by atoms with Gasteiger partial charge in [-0.05, 0) is 30.2 Å². The van der Waals surface area contributed by atoms with Crippen LogP contribution in [0.4, 0.5) is 5.82 Å². The zero-order chi connectivity index (χ0) is 15.1. The number of hydrogen-bond acceptors (Lipinski definition) is 5. The molecule has 0 bridgehead atoms. The number of aliphatic carboxylic acids is 1. The van der Waals surface area contributed by atoms with E-state index >= 15 is 0 Å². The molecule has 0 saturated carbocycles. The Morgan fingerprint density at radius 3 is 3.00 bits per heavy atom. The minimum atomic E-state index is -0.708. The molecule has 2 heterocycles. The van der Waals surface area contributed by atoms with E-state index in [4.69, 9.17) is 5.11 Å². The Balaban J connectivity index is 1.86. The summed E-state index contributed by atoms with van der Waals surface area (Å²) in [5.74, 6) is 0.619. The van der Waals surface area contributed by atoms with Crippen molar-refractivity contribution < 1.29 is 9.90 Å². The van der Waals surface area contributed by atoms with Crippen LogP contribution in [0.25, 0.3) is 10.2 Å². The molecule has 2 aromatic rings. The first kappa shape index (κ1) is 15.7. The van der Waals surface area contributed by atoms with Crippen LogP contribution in [0.3, 0.4) is 0 Å². The summed E-state index contributed by atoms with van der Waals surface area (Å²) in [6.45, 7) is 2.95. The molecule has 6 heteroatoms. The first-order chi connectivity index (χ1) is 10.2. The van der Waals surface area contributed by atoms with Gasteiger partial charge in [0.1, 0.15) is 17.0 Å². The van der Waals surface area contributed by atoms with E-state index in [1.54, 1.807) is 17.7 Å². The van der Waals surface area contributed by atoms with Crippen molar-refractivity contribution in [3.05, 3.63) is 17.8 Å². The second kappa shape index (κ2) is 7.93. The number of carboxylic acids is 1. The standard InChI is InChI=1S/C15H21N3O2S/c1-2-3-11(4-5-13(19)20)6-8-16-14-12-7-9-21-15(12)18-10-17-14/h7,9-11H,2-6,8H2,1H3,(H,19,20)(H,16,17,18). The quantitative estimate of drug-likeness (QED) is 0.737. The van der Waals surface area contributed by atoms with Gasteiger partial charge in [0.05, 0.1) is 5.39 Å². The number of aromatic nitrogens is 2. The van der Waals surface area contributed by atoms with Crippen LogP contribution in [0.5, 0.6) is 0 Å². The summed E-state index contributed by atoms with van der Waals surface area (Å²) < 4.78 is 0. The SMILES string of the molecule is CCCC(CCNc1ncnc2sccc12)CCC(=O)O. The van der Waals surface area contributed by atoms with Crippen molar-refractivity contribution in [3.63, 3.8) is 0 Å². The summed E-state index contributed by atoms with van der Waals surface area (Å²) >= 11 is 1.60. The van der Waals surface area contributed by atoms with Gasteiger partial charge in [-0.1, -0.05) is 19.8 Å². The fraction of sp³-hybridized carbons (Fsp3) is 0.533. The fourth-order valence-electron chi connectivity index (χ4n) is 2.49. The van der Waals surface area contributed by atoms with Crippen LogP contribution in [0.1, 0.15) is 39.0 Å². The summed E-state index contributed by atoms with van der Waals surface area (Å²) in [4.78, 5) is 20.2. The van der Waals surface area contributed by atoms with Gasteiger partial charge in [-0.25, -0.2) is 9.97 Å². The molecule has 21 heavy (non-hydrogen) atoms. The summed E-state index contributed by atoms with van der Waals surface area (Å²) in [5.41, 5.74) is 0. The fourth-order valence-corrected chi connectivity index (χ4v) is 3.23. The van der Waals surface area contributed by atoms with E-state index in [1.807, 2.05) is 11.4 Å². The first-order valence-electron chi connectivity index (χ1n) is 7.34. The van der Waals surface area contributed by atoms with Gasteiger partial charge in [0.25, 0.3) is 0 Å². The van der Waals surface area contributed by atoms with Crippen molar-refractivity contribution in [2.75, 3.05) is 11.9 Å². The Morgan fingerprint density at radius 2 is 2.24 bits per heavy atom. The van der Waals surface area contributed by atoms with Gasteiger partial charge in [0.2, 0.25) is 0 Å². The summed E-state index contributed by atoms with van der Waals surface area (Å²) in [6.07, 6.45) is 5.72. The van der Waals surface area contributed by atoms with Crippen molar-refractivity contribution in [1.82, 2.24) is 9.97 Å². The predicted octanol–water partition coefficient (Wildman–Crippen LogP) is 3.77. The number of rotatable bonds is 9. The van der Waals surface area contributed by atoms with Crippen LogP contribution in [-0.2, 0) is 4.79 Å². The highest BCUT2D eigenvalue weighted by Gasteiger charge is 2.11. The second-order valence-corrected chi connectivity index (χ2v) is 6.06. The molecule has 0 fully saturated rings. The lowest BCUT2D eigenvalue weighted by Gasteiger charge is -2.15. The molecular formula is C15H21N3O2S. The van der Waals surface area contributed by atoms with Crippen molar-refractivity contribution in [3.8, 4) is 0 Å². The Labute approximate surface area is 128 Å². The number of thiophene rings is 1. The number of carboxylic acid groups (broad SMARTS) is 1. The number of anilines is 1. The van der Waals surface area contributed by atoms with Gasteiger partial charge in [-0.3, -0.25) is 4.79 Å². The molecule has 0 aliphatic rings. The third kappa shape index (κ3) is 4.67. The second-order valence-electron chi connectivity index (χ2n) is 5.16. The number of carbonyl (C=O) groups is 1. The van der Waals surface area contributed by atoms with E-state index in [-0.39, 0.29) is 6.42 Å². The third-order valence-electron chi connectivity index (χ3n) is 3.57. The van der Waals surface area contributed by atoms with Crippen LogP contribution >= 0.6 is 11.3 Å². The average Bonchev–Trinajstić information content (AvgIpc) is 2.94. The normalized spacial score (nSPS) is 12.4. The van der Waals surface area contributed by atoms with Crippen LogP contribution < -0.4 is 5.32 Å². The highest BCUT2D eigenvalue weighted by Crippen LogP contribution is 2.24. The van der Waals surface area contributed by atoms with E-state index in [1.165, 1.54) is 0 Å². The summed E-state index contributed by atoms with van der Waals surface area (Å²) in [5, 5.41) is 15.2. The Bertz CT molecular complexity index is 585. The molecule has 1 atom stereocenters. The first-order valence-corrected chi connectivity index (χ1v) is 8.22. The summed E-state index contributed by atoms with van der Waals surface area (Å²) in [7, 11) is 0. The highest BCUT2D eigenvalue weighted by molar-refractivity contribution is 7.16. The minimum absolute atomic E-state index is 0.257. The molecule has 0 spiro atoms. The Morgan fingerprint density at radius 1 is 1.38 bits per heavy atom. The van der Waals surface area contributed by atoms with Crippen molar-refractivity contribution in [1.29, 1.82) is 0 Å². The van der Waals surface area contributed by atoms with Gasteiger partial charge in [0, 0.05) is 13.0 Å². The summed E-state index contributed by atoms with van der Waals surface area (Å²) in [6, 6.07) is 2.02. The third-order valence-corrected chi connectivity index (χ3v) is 4.39. The maximum Gasteiger partial charge on any atom is 0.303 e. The molecule has 0 amide bonds. The van der Waals surface area contributed by atoms with Crippen LogP contribution in [0, 0.1) is 5.92 Å². The van der Waals surface area contributed by atoms with Gasteiger partial charge >= 0.3 is 5.97 Å². The van der Waals surface area contributed by atoms with Gasteiger partial charge in [0.15, 0.2) is 0 Å². The molecule has 0 aromatic carbocycles. The van der Waals surface area contributed by atoms with E-state index in [0.29, 0.717) is 5.92 Å². The maximum absolute atomic E-state index is 10.7. The monoisotopic (exact) mass is 307 g/mol. The molecule has 2 rings (SSSR count). The number of hydrogen-bond donors (Lipinski definition) is 2. The average molecular weight is 307 g/mol. The van der Waals surface area contributed by atoms with E-state index < -0.39 is 5.97 Å². The number of nitrogens with one attached hydrogen (secondary N) is 1. The van der Waals surface area contributed by atoms with Crippen LogP contribution in [-0.4, -0.2) is 27.6 Å². The number of fused-ring (bicyclic) bond motifs is 1. The van der Waals surface area contributed by atoms with Gasteiger partial charge in [-0.15, -0.1) is 11.3 Å². The molecule has 0 saturated heterocycles. The Hall–Kier alpha value is -1.69. The smallest absolute Gasteiger partial charge is 0.303 e. The topological polar surface area (TPSA) is 75.1 Å². The van der Waals surface area contributed by atoms with E-state index in [2.05, 4.69) is 22.2 Å². The van der Waals surface area contributed by atoms with Crippen LogP contribution in [0.15, 0.2) is 17.8 Å². The predicted molar refractivity (Wildman–Crippen MR) is 85.8 cm³/mol. The van der Waals surface area contributed by atoms with Crippen molar-refractivity contribution >= 4 is 33.3 Å². The van der Waals surface area contributed by atoms with Crippen molar-refractivity contribution in [2.45, 2.75) is 39.0 Å². The molecule has 0 radical (unpaired) electrons. The van der Waals surface area contributed by atoms with Gasteiger partial charge < -0.3 is 10.4 Å². The lowest BCUT2D eigenvalue weighted by molar-refractivity contribution is -0.137. The largest absolute Gasteiger partial charge is 0.481 e. The minimum Gasteiger partial charge on any atom is -0.481 e. The number of nitrogens with zero attached hydrogens (tertiary/aromatic N) is 2. The Kier molecular flexibility index (Phi) is 5.92. The maximum atomic E-state index is 10.7.